The first-order valence-electron chi connectivity index (χ1n) is 4.38. The van der Waals surface area contributed by atoms with Gasteiger partial charge in [-0.25, -0.2) is 14.3 Å². The molecular weight excluding hydrogens is 248 g/mol. The molecule has 0 aliphatic carbocycles. The Balaban J connectivity index is 2.49. The van der Waals surface area contributed by atoms with E-state index < -0.39 is 17.5 Å². The third-order valence-corrected chi connectivity index (χ3v) is 3.03. The monoisotopic (exact) mass is 254 g/mol. The number of hydrogen-bond acceptors (Lipinski definition) is 4. The summed E-state index contributed by atoms with van der Waals surface area (Å²) in [5.41, 5.74) is -0.804. The van der Waals surface area contributed by atoms with Gasteiger partial charge in [0.2, 0.25) is 0 Å². The normalized spacial score (nSPS) is 10.4. The van der Waals surface area contributed by atoms with Crippen LogP contribution in [0, 0.1) is 0 Å². The van der Waals surface area contributed by atoms with E-state index in [9.17, 15) is 14.4 Å². The fraction of sp³-hybridized carbons (Fsp3) is 0. The van der Waals surface area contributed by atoms with Crippen LogP contribution in [-0.2, 0) is 0 Å². The first-order valence-corrected chi connectivity index (χ1v) is 5.19. The van der Waals surface area contributed by atoms with Crippen molar-refractivity contribution >= 4 is 23.3 Å². The van der Waals surface area contributed by atoms with Gasteiger partial charge in [0.1, 0.15) is 15.6 Å². The number of carboxylic acids is 2. The summed E-state index contributed by atoms with van der Waals surface area (Å²) in [6.45, 7) is 0. The number of aromatic carboxylic acids is 2. The van der Waals surface area contributed by atoms with E-state index in [4.69, 9.17) is 10.2 Å². The molecule has 88 valence electrons. The number of rotatable bonds is 3. The standard InChI is InChI=1S/C9H6N2O5S/c12-6-3-4(8(13)14)10-11(6)7-2-1-5(17-7)9(15)16/h1-3,10H,(H,13,14)(H,15,16). The lowest BCUT2D eigenvalue weighted by atomic mass is 10.4. The number of carbonyl (C=O) groups is 2. The van der Waals surface area contributed by atoms with Gasteiger partial charge in [0.25, 0.3) is 5.56 Å². The van der Waals surface area contributed by atoms with Crippen LogP contribution < -0.4 is 5.56 Å². The smallest absolute Gasteiger partial charge is 0.353 e. The van der Waals surface area contributed by atoms with Crippen LogP contribution >= 0.6 is 11.3 Å². The molecule has 7 nitrogen and oxygen atoms in total. The van der Waals surface area contributed by atoms with Crippen LogP contribution in [0.4, 0.5) is 0 Å². The Morgan fingerprint density at radius 3 is 2.41 bits per heavy atom. The van der Waals surface area contributed by atoms with Gasteiger partial charge in [0.15, 0.2) is 0 Å². The summed E-state index contributed by atoms with van der Waals surface area (Å²) >= 11 is 0.873. The Kier molecular flexibility index (Phi) is 2.56. The summed E-state index contributed by atoms with van der Waals surface area (Å²) in [5, 5.41) is 20.1. The van der Waals surface area contributed by atoms with Crippen LogP contribution in [-0.4, -0.2) is 31.9 Å². The second kappa shape index (κ2) is 3.91. The zero-order valence-electron chi connectivity index (χ0n) is 8.21. The van der Waals surface area contributed by atoms with Crippen LogP contribution in [0.25, 0.3) is 5.00 Å². The number of aromatic nitrogens is 2. The van der Waals surface area contributed by atoms with E-state index in [0.29, 0.717) is 5.00 Å². The lowest BCUT2D eigenvalue weighted by Crippen LogP contribution is -2.11. The van der Waals surface area contributed by atoms with E-state index >= 15 is 0 Å². The number of nitrogens with zero attached hydrogens (tertiary/aromatic N) is 1. The van der Waals surface area contributed by atoms with Crippen molar-refractivity contribution in [3.8, 4) is 5.00 Å². The van der Waals surface area contributed by atoms with Gasteiger partial charge < -0.3 is 10.2 Å². The maximum atomic E-state index is 11.5. The molecule has 0 atom stereocenters. The highest BCUT2D eigenvalue weighted by atomic mass is 32.1. The molecule has 2 aromatic heterocycles. The second-order valence-corrected chi connectivity index (χ2v) is 4.15. The minimum atomic E-state index is -1.25. The zero-order chi connectivity index (χ0) is 12.6. The minimum Gasteiger partial charge on any atom is -0.477 e. The van der Waals surface area contributed by atoms with Crippen LogP contribution in [0.3, 0.4) is 0 Å². The molecule has 2 heterocycles. The lowest BCUT2D eigenvalue weighted by molar-refractivity contribution is 0.0683. The van der Waals surface area contributed by atoms with Crippen LogP contribution in [0.2, 0.25) is 0 Å². The molecule has 0 bridgehead atoms. The highest BCUT2D eigenvalue weighted by molar-refractivity contribution is 7.16. The van der Waals surface area contributed by atoms with E-state index in [-0.39, 0.29) is 10.6 Å². The predicted molar refractivity (Wildman–Crippen MR) is 58.2 cm³/mol. The van der Waals surface area contributed by atoms with Crippen molar-refractivity contribution in [3.63, 3.8) is 0 Å². The molecule has 0 unspecified atom stereocenters. The van der Waals surface area contributed by atoms with Gasteiger partial charge in [0.05, 0.1) is 0 Å². The van der Waals surface area contributed by atoms with Gasteiger partial charge in [-0.3, -0.25) is 9.89 Å². The Hall–Kier alpha value is -2.35. The van der Waals surface area contributed by atoms with Gasteiger partial charge in [-0.2, -0.15) is 0 Å². The van der Waals surface area contributed by atoms with Crippen molar-refractivity contribution in [1.29, 1.82) is 0 Å². The molecule has 0 aromatic carbocycles. The van der Waals surface area contributed by atoms with Crippen molar-refractivity contribution in [2.24, 2.45) is 0 Å². The maximum absolute atomic E-state index is 11.5. The highest BCUT2D eigenvalue weighted by Gasteiger charge is 2.13. The zero-order valence-corrected chi connectivity index (χ0v) is 9.02. The summed E-state index contributed by atoms with van der Waals surface area (Å²) in [4.78, 5) is 32.8. The number of thiophene rings is 1. The van der Waals surface area contributed by atoms with Crippen molar-refractivity contribution in [2.45, 2.75) is 0 Å². The minimum absolute atomic E-state index is 0.0679. The van der Waals surface area contributed by atoms with Crippen LogP contribution in [0.15, 0.2) is 23.0 Å². The Labute approximate surface area is 97.5 Å². The Morgan fingerprint density at radius 2 is 1.94 bits per heavy atom. The van der Waals surface area contributed by atoms with E-state index in [1.165, 1.54) is 12.1 Å². The molecular formula is C9H6N2O5S. The largest absolute Gasteiger partial charge is 0.477 e. The first kappa shape index (κ1) is 11.1. The Morgan fingerprint density at radius 1 is 1.24 bits per heavy atom. The maximum Gasteiger partial charge on any atom is 0.353 e. The van der Waals surface area contributed by atoms with Crippen molar-refractivity contribution < 1.29 is 19.8 Å². The first-order chi connectivity index (χ1) is 7.99. The molecule has 0 fully saturated rings. The quantitative estimate of drug-likeness (QED) is 0.743. The lowest BCUT2D eigenvalue weighted by Gasteiger charge is -1.95. The summed E-state index contributed by atoms with van der Waals surface area (Å²) in [7, 11) is 0. The topological polar surface area (TPSA) is 112 Å². The number of carboxylic acid groups (broad SMARTS) is 2. The molecule has 0 radical (unpaired) electrons. The van der Waals surface area contributed by atoms with E-state index in [2.05, 4.69) is 5.10 Å². The average molecular weight is 254 g/mol. The number of hydrogen-bond donors (Lipinski definition) is 3. The summed E-state index contributed by atoms with van der Waals surface area (Å²) in [5.74, 6) is -2.35. The molecule has 0 spiro atoms. The summed E-state index contributed by atoms with van der Waals surface area (Å²) in [6, 6.07) is 3.70. The molecule has 3 N–H and O–H groups in total. The van der Waals surface area contributed by atoms with Gasteiger partial charge in [-0.05, 0) is 12.1 Å². The molecule has 17 heavy (non-hydrogen) atoms. The molecule has 0 saturated heterocycles. The van der Waals surface area contributed by atoms with E-state index in [1.54, 1.807) is 0 Å². The third kappa shape index (κ3) is 1.97. The molecule has 0 aliphatic rings. The van der Waals surface area contributed by atoms with Gasteiger partial charge in [-0.15, -0.1) is 11.3 Å². The van der Waals surface area contributed by atoms with Crippen molar-refractivity contribution in [1.82, 2.24) is 9.78 Å². The van der Waals surface area contributed by atoms with E-state index in [1.807, 2.05) is 0 Å². The van der Waals surface area contributed by atoms with Crippen LogP contribution in [0.1, 0.15) is 20.2 Å². The summed E-state index contributed by atoms with van der Waals surface area (Å²) in [6.07, 6.45) is 0. The van der Waals surface area contributed by atoms with E-state index in [0.717, 1.165) is 22.1 Å². The fourth-order valence-electron chi connectivity index (χ4n) is 1.23. The molecule has 0 saturated carbocycles. The summed E-state index contributed by atoms with van der Waals surface area (Å²) < 4.78 is 0.987. The number of H-pyrrole nitrogens is 1. The van der Waals surface area contributed by atoms with Gasteiger partial charge >= 0.3 is 11.9 Å². The number of nitrogens with one attached hydrogen (secondary N) is 1. The molecule has 8 heteroatoms. The molecule has 2 aromatic rings. The molecule has 0 amide bonds. The number of aromatic amines is 1. The highest BCUT2D eigenvalue weighted by Crippen LogP contribution is 2.18. The average Bonchev–Trinajstić information content (AvgIpc) is 2.83. The third-order valence-electron chi connectivity index (χ3n) is 1.97. The fourth-order valence-corrected chi connectivity index (χ4v) is 2.04. The van der Waals surface area contributed by atoms with Gasteiger partial charge in [0, 0.05) is 6.07 Å². The Bertz CT molecular complexity index is 650. The second-order valence-electron chi connectivity index (χ2n) is 3.09. The SMILES string of the molecule is O=C(O)c1cc(=O)n(-c2ccc(C(=O)O)s2)[nH]1. The predicted octanol–water partition coefficient (Wildman–Crippen LogP) is 0.623. The van der Waals surface area contributed by atoms with Crippen molar-refractivity contribution in [3.05, 3.63) is 39.1 Å². The molecule has 0 aliphatic heterocycles. The molecule has 2 rings (SSSR count). The van der Waals surface area contributed by atoms with Gasteiger partial charge in [-0.1, -0.05) is 0 Å². The van der Waals surface area contributed by atoms with Crippen LogP contribution in [0.5, 0.6) is 0 Å². The van der Waals surface area contributed by atoms with Crippen molar-refractivity contribution in [2.75, 3.05) is 0 Å².